The van der Waals surface area contributed by atoms with Crippen molar-refractivity contribution >= 4 is 0 Å². The van der Waals surface area contributed by atoms with Gasteiger partial charge in [-0.25, -0.2) is 0 Å². The first-order chi connectivity index (χ1) is 8.23. The Kier molecular flexibility index (Phi) is 6.32. The van der Waals surface area contributed by atoms with Crippen LogP contribution in [0.5, 0.6) is 0 Å². The van der Waals surface area contributed by atoms with Gasteiger partial charge in [-0.05, 0) is 0 Å². The molecule has 1 fully saturated rings. The first-order valence-electron chi connectivity index (χ1n) is 5.49. The Labute approximate surface area is 102 Å². The van der Waals surface area contributed by atoms with Crippen LogP contribution in [0.1, 0.15) is 0 Å². The van der Waals surface area contributed by atoms with Gasteiger partial charge >= 0.3 is 0 Å². The highest BCUT2D eigenvalue weighted by Gasteiger charge is 2.47. The number of rotatable bonds is 6. The Hall–Kier alpha value is -0.240. The molecule has 1 heterocycles. The van der Waals surface area contributed by atoms with E-state index in [9.17, 15) is 0 Å². The summed E-state index contributed by atoms with van der Waals surface area (Å²) in [5, 5.41) is 0. The van der Waals surface area contributed by atoms with Crippen LogP contribution in [-0.4, -0.2) is 72.9 Å². The third kappa shape index (κ3) is 3.15. The molecular weight excluding hydrogens is 228 g/mol. The van der Waals surface area contributed by atoms with Gasteiger partial charge in [0.05, 0.1) is 6.61 Å². The number of hydrogen-bond acceptors (Lipinski definition) is 6. The summed E-state index contributed by atoms with van der Waals surface area (Å²) in [6.45, 7) is 0.411. The number of ether oxygens (including phenoxy) is 6. The van der Waals surface area contributed by atoms with Gasteiger partial charge in [0.15, 0.2) is 6.29 Å². The summed E-state index contributed by atoms with van der Waals surface area (Å²) in [5.41, 5.74) is 0. The van der Waals surface area contributed by atoms with Crippen molar-refractivity contribution in [2.45, 2.75) is 30.7 Å². The molecule has 0 saturated carbocycles. The van der Waals surface area contributed by atoms with E-state index >= 15 is 0 Å². The highest BCUT2D eigenvalue weighted by Crippen LogP contribution is 2.27. The van der Waals surface area contributed by atoms with Crippen molar-refractivity contribution in [1.29, 1.82) is 0 Å². The highest BCUT2D eigenvalue weighted by molar-refractivity contribution is 4.92. The van der Waals surface area contributed by atoms with E-state index in [2.05, 4.69) is 0 Å². The van der Waals surface area contributed by atoms with E-state index < -0.39 is 6.29 Å². The molecule has 0 N–H and O–H groups in total. The smallest absolute Gasteiger partial charge is 0.186 e. The van der Waals surface area contributed by atoms with E-state index in [0.29, 0.717) is 6.61 Å². The predicted octanol–water partition coefficient (Wildman–Crippen LogP) is 0.0491. The molecule has 5 atom stereocenters. The van der Waals surface area contributed by atoms with E-state index in [4.69, 9.17) is 28.4 Å². The molecule has 3 unspecified atom stereocenters. The van der Waals surface area contributed by atoms with Crippen molar-refractivity contribution in [3.05, 3.63) is 0 Å². The summed E-state index contributed by atoms with van der Waals surface area (Å²) in [6.07, 6.45) is -1.58. The average molecular weight is 250 g/mol. The van der Waals surface area contributed by atoms with Crippen LogP contribution < -0.4 is 0 Å². The van der Waals surface area contributed by atoms with Crippen molar-refractivity contribution in [3.63, 3.8) is 0 Å². The summed E-state index contributed by atoms with van der Waals surface area (Å²) in [7, 11) is 8.01. The highest BCUT2D eigenvalue weighted by atomic mass is 16.7. The summed E-state index contributed by atoms with van der Waals surface area (Å²) in [5.74, 6) is 0. The van der Waals surface area contributed by atoms with Gasteiger partial charge in [0, 0.05) is 35.5 Å². The van der Waals surface area contributed by atoms with Crippen molar-refractivity contribution in [3.8, 4) is 0 Å². The lowest BCUT2D eigenvalue weighted by atomic mass is 9.98. The van der Waals surface area contributed by atoms with Crippen LogP contribution in [0.2, 0.25) is 0 Å². The van der Waals surface area contributed by atoms with Gasteiger partial charge < -0.3 is 28.4 Å². The molecule has 0 aromatic rings. The van der Waals surface area contributed by atoms with Gasteiger partial charge in [0.1, 0.15) is 24.4 Å². The molecule has 6 heteroatoms. The monoisotopic (exact) mass is 250 g/mol. The Morgan fingerprint density at radius 3 is 1.76 bits per heavy atom. The maximum atomic E-state index is 5.74. The summed E-state index contributed by atoms with van der Waals surface area (Å²) < 4.78 is 32.3. The van der Waals surface area contributed by atoms with Crippen molar-refractivity contribution in [1.82, 2.24) is 0 Å². The molecule has 0 bridgehead atoms. The first-order valence-corrected chi connectivity index (χ1v) is 5.49. The predicted molar refractivity (Wildman–Crippen MR) is 59.9 cm³/mol. The van der Waals surface area contributed by atoms with Gasteiger partial charge in [-0.3, -0.25) is 0 Å². The van der Waals surface area contributed by atoms with E-state index in [-0.39, 0.29) is 24.4 Å². The second kappa shape index (κ2) is 7.25. The zero-order valence-electron chi connectivity index (χ0n) is 11.0. The Morgan fingerprint density at radius 1 is 0.765 bits per heavy atom. The molecule has 17 heavy (non-hydrogen) atoms. The largest absolute Gasteiger partial charge is 0.382 e. The van der Waals surface area contributed by atoms with Crippen LogP contribution in [0.15, 0.2) is 0 Å². The molecule has 0 amide bonds. The molecule has 0 aromatic heterocycles. The fourth-order valence-corrected chi connectivity index (χ4v) is 2.17. The Balaban J connectivity index is 2.84. The fraction of sp³-hybridized carbons (Fsp3) is 1.00. The van der Waals surface area contributed by atoms with Crippen LogP contribution >= 0.6 is 0 Å². The minimum Gasteiger partial charge on any atom is -0.382 e. The van der Waals surface area contributed by atoms with Gasteiger partial charge in [-0.15, -0.1) is 0 Å². The quantitative estimate of drug-likeness (QED) is 0.664. The molecule has 1 aliphatic heterocycles. The standard InChI is InChI=1S/C11H22O6/c1-12-6-7-8(13-2)9(14-3)10(15-4)11(16-5)17-7/h7-11H,6H2,1-5H3/t7?,8-,9+,10?,11?/m1/s1. The number of methoxy groups -OCH3 is 5. The van der Waals surface area contributed by atoms with Crippen LogP contribution in [0.25, 0.3) is 0 Å². The molecule has 0 spiro atoms. The SMILES string of the molecule is COCC1OC(OC)C(OC)[C@@H](OC)[C@@H]1OC. The van der Waals surface area contributed by atoms with E-state index in [1.54, 1.807) is 35.5 Å². The number of hydrogen-bond donors (Lipinski definition) is 0. The van der Waals surface area contributed by atoms with Crippen LogP contribution in [0.3, 0.4) is 0 Å². The zero-order chi connectivity index (χ0) is 12.8. The van der Waals surface area contributed by atoms with Gasteiger partial charge in [0.25, 0.3) is 0 Å². The molecular formula is C11H22O6. The van der Waals surface area contributed by atoms with Crippen LogP contribution in [0, 0.1) is 0 Å². The van der Waals surface area contributed by atoms with Crippen molar-refractivity contribution < 1.29 is 28.4 Å². The van der Waals surface area contributed by atoms with E-state index in [1.165, 1.54) is 0 Å². The molecule has 0 aromatic carbocycles. The maximum Gasteiger partial charge on any atom is 0.186 e. The molecule has 1 saturated heterocycles. The van der Waals surface area contributed by atoms with Crippen molar-refractivity contribution in [2.75, 3.05) is 42.2 Å². The molecule has 102 valence electrons. The third-order valence-corrected chi connectivity index (χ3v) is 2.97. The maximum absolute atomic E-state index is 5.74. The lowest BCUT2D eigenvalue weighted by molar-refractivity contribution is -0.307. The zero-order valence-corrected chi connectivity index (χ0v) is 11.0. The van der Waals surface area contributed by atoms with Crippen molar-refractivity contribution in [2.24, 2.45) is 0 Å². The first kappa shape index (κ1) is 14.8. The van der Waals surface area contributed by atoms with E-state index in [0.717, 1.165) is 0 Å². The summed E-state index contributed by atoms with van der Waals surface area (Å²) in [6, 6.07) is 0. The lowest BCUT2D eigenvalue weighted by Crippen LogP contribution is -2.61. The minimum atomic E-state index is -0.489. The van der Waals surface area contributed by atoms with Crippen LogP contribution in [0.4, 0.5) is 0 Å². The minimum absolute atomic E-state index is 0.244. The average Bonchev–Trinajstić information content (AvgIpc) is 2.37. The molecule has 1 aliphatic rings. The van der Waals surface area contributed by atoms with E-state index in [1.807, 2.05) is 0 Å². The topological polar surface area (TPSA) is 55.4 Å². The molecule has 6 nitrogen and oxygen atoms in total. The second-order valence-corrected chi connectivity index (χ2v) is 3.83. The summed E-state index contributed by atoms with van der Waals surface area (Å²) in [4.78, 5) is 0. The summed E-state index contributed by atoms with van der Waals surface area (Å²) >= 11 is 0. The normalized spacial score (nSPS) is 38.3. The second-order valence-electron chi connectivity index (χ2n) is 3.83. The van der Waals surface area contributed by atoms with Gasteiger partial charge in [-0.1, -0.05) is 0 Å². The fourth-order valence-electron chi connectivity index (χ4n) is 2.17. The molecule has 0 aliphatic carbocycles. The third-order valence-electron chi connectivity index (χ3n) is 2.97. The molecule has 0 radical (unpaired) electrons. The Bertz CT molecular complexity index is 212. The lowest BCUT2D eigenvalue weighted by Gasteiger charge is -2.44. The Morgan fingerprint density at radius 2 is 1.35 bits per heavy atom. The molecule has 1 rings (SSSR count). The van der Waals surface area contributed by atoms with Crippen LogP contribution in [-0.2, 0) is 28.4 Å². The van der Waals surface area contributed by atoms with Gasteiger partial charge in [0.2, 0.25) is 0 Å². The van der Waals surface area contributed by atoms with Gasteiger partial charge in [-0.2, -0.15) is 0 Å².